The van der Waals surface area contributed by atoms with Crippen LogP contribution in [0.25, 0.3) is 5.69 Å². The minimum atomic E-state index is 0.643. The summed E-state index contributed by atoms with van der Waals surface area (Å²) in [6.45, 7) is 1.43. The van der Waals surface area contributed by atoms with Crippen LogP contribution in [-0.4, -0.2) is 23.9 Å². The van der Waals surface area contributed by atoms with Crippen LogP contribution in [0.5, 0.6) is 0 Å². The maximum atomic E-state index is 5.08. The predicted molar refractivity (Wildman–Crippen MR) is 67.0 cm³/mol. The van der Waals surface area contributed by atoms with Crippen molar-refractivity contribution in [2.75, 3.05) is 14.2 Å². The number of nitrogens with zero attached hydrogens (tertiary/aromatic N) is 2. The van der Waals surface area contributed by atoms with Crippen LogP contribution < -0.4 is 5.32 Å². The Morgan fingerprint density at radius 3 is 2.65 bits per heavy atom. The van der Waals surface area contributed by atoms with Crippen molar-refractivity contribution in [2.45, 2.75) is 13.2 Å². The Morgan fingerprint density at radius 2 is 2.00 bits per heavy atom. The van der Waals surface area contributed by atoms with Gasteiger partial charge in [-0.05, 0) is 30.8 Å². The van der Waals surface area contributed by atoms with Gasteiger partial charge in [0.05, 0.1) is 18.0 Å². The zero-order valence-corrected chi connectivity index (χ0v) is 10.2. The SMILES string of the molecule is CNCc1ccn(-c2ccc(COC)cc2)n1. The van der Waals surface area contributed by atoms with Gasteiger partial charge in [-0.3, -0.25) is 0 Å². The molecule has 0 saturated heterocycles. The number of hydrogen-bond acceptors (Lipinski definition) is 3. The van der Waals surface area contributed by atoms with Gasteiger partial charge in [0.15, 0.2) is 0 Å². The maximum absolute atomic E-state index is 5.08. The fourth-order valence-electron chi connectivity index (χ4n) is 1.69. The molecule has 1 aromatic heterocycles. The third-order valence-corrected chi connectivity index (χ3v) is 2.51. The van der Waals surface area contributed by atoms with Crippen LogP contribution in [0.2, 0.25) is 0 Å². The minimum absolute atomic E-state index is 0.643. The van der Waals surface area contributed by atoms with Crippen molar-refractivity contribution in [3.63, 3.8) is 0 Å². The summed E-state index contributed by atoms with van der Waals surface area (Å²) < 4.78 is 6.96. The summed E-state index contributed by atoms with van der Waals surface area (Å²) in [5, 5.41) is 7.55. The Balaban J connectivity index is 2.15. The van der Waals surface area contributed by atoms with Crippen LogP contribution in [0.1, 0.15) is 11.3 Å². The van der Waals surface area contributed by atoms with Gasteiger partial charge in [-0.25, -0.2) is 4.68 Å². The Labute approximate surface area is 101 Å². The molecular formula is C13H17N3O. The molecular weight excluding hydrogens is 214 g/mol. The number of methoxy groups -OCH3 is 1. The second-order valence-electron chi connectivity index (χ2n) is 3.88. The monoisotopic (exact) mass is 231 g/mol. The van der Waals surface area contributed by atoms with Crippen molar-refractivity contribution in [1.82, 2.24) is 15.1 Å². The van der Waals surface area contributed by atoms with Crippen molar-refractivity contribution in [3.05, 3.63) is 47.8 Å². The summed E-state index contributed by atoms with van der Waals surface area (Å²) in [5.41, 5.74) is 3.26. The van der Waals surface area contributed by atoms with Crippen molar-refractivity contribution < 1.29 is 4.74 Å². The first kappa shape index (κ1) is 11.8. The fraction of sp³-hybridized carbons (Fsp3) is 0.308. The second kappa shape index (κ2) is 5.61. The van der Waals surface area contributed by atoms with Crippen LogP contribution >= 0.6 is 0 Å². The van der Waals surface area contributed by atoms with E-state index in [1.54, 1.807) is 7.11 Å². The van der Waals surface area contributed by atoms with Gasteiger partial charge in [0.25, 0.3) is 0 Å². The highest BCUT2D eigenvalue weighted by Gasteiger charge is 2.00. The van der Waals surface area contributed by atoms with Crippen LogP contribution in [0.4, 0.5) is 0 Å². The molecule has 0 radical (unpaired) electrons. The van der Waals surface area contributed by atoms with E-state index in [4.69, 9.17) is 4.74 Å². The molecule has 4 nitrogen and oxygen atoms in total. The zero-order valence-electron chi connectivity index (χ0n) is 10.2. The lowest BCUT2D eigenvalue weighted by Crippen LogP contribution is -2.06. The Bertz CT molecular complexity index is 462. The number of hydrogen-bond donors (Lipinski definition) is 1. The summed E-state index contributed by atoms with van der Waals surface area (Å²) in [4.78, 5) is 0. The molecule has 0 amide bonds. The molecule has 4 heteroatoms. The molecule has 1 aromatic carbocycles. The third kappa shape index (κ3) is 2.93. The summed E-state index contributed by atoms with van der Waals surface area (Å²) in [6.07, 6.45) is 1.97. The molecule has 0 saturated carbocycles. The summed E-state index contributed by atoms with van der Waals surface area (Å²) >= 11 is 0. The normalized spacial score (nSPS) is 10.7. The van der Waals surface area contributed by atoms with Crippen LogP contribution in [0, 0.1) is 0 Å². The van der Waals surface area contributed by atoms with Crippen LogP contribution in [-0.2, 0) is 17.9 Å². The predicted octanol–water partition coefficient (Wildman–Crippen LogP) is 1.74. The van der Waals surface area contributed by atoms with E-state index in [0.717, 1.165) is 17.9 Å². The Hall–Kier alpha value is -1.65. The third-order valence-electron chi connectivity index (χ3n) is 2.51. The average molecular weight is 231 g/mol. The minimum Gasteiger partial charge on any atom is -0.380 e. The molecule has 0 atom stereocenters. The topological polar surface area (TPSA) is 39.1 Å². The second-order valence-corrected chi connectivity index (χ2v) is 3.88. The first-order valence-electron chi connectivity index (χ1n) is 5.61. The van der Waals surface area contributed by atoms with E-state index in [1.165, 1.54) is 5.56 Å². The van der Waals surface area contributed by atoms with Gasteiger partial charge in [0.1, 0.15) is 0 Å². The molecule has 0 unspecified atom stereocenters. The first-order valence-corrected chi connectivity index (χ1v) is 5.61. The van der Waals surface area contributed by atoms with Gasteiger partial charge in [-0.2, -0.15) is 5.10 Å². The van der Waals surface area contributed by atoms with E-state index in [2.05, 4.69) is 22.5 Å². The summed E-state index contributed by atoms with van der Waals surface area (Å²) in [7, 11) is 3.62. The highest BCUT2D eigenvalue weighted by Crippen LogP contribution is 2.10. The van der Waals surface area contributed by atoms with E-state index in [9.17, 15) is 0 Å². The van der Waals surface area contributed by atoms with E-state index >= 15 is 0 Å². The molecule has 0 spiro atoms. The zero-order chi connectivity index (χ0) is 12.1. The van der Waals surface area contributed by atoms with Gasteiger partial charge in [0.2, 0.25) is 0 Å². The lowest BCUT2D eigenvalue weighted by Gasteiger charge is -2.03. The number of rotatable bonds is 5. The molecule has 2 rings (SSSR count). The van der Waals surface area contributed by atoms with E-state index < -0.39 is 0 Å². The van der Waals surface area contributed by atoms with E-state index in [1.807, 2.05) is 36.1 Å². The van der Waals surface area contributed by atoms with E-state index in [0.29, 0.717) is 6.61 Å². The molecule has 2 aromatic rings. The molecule has 17 heavy (non-hydrogen) atoms. The van der Waals surface area contributed by atoms with Crippen molar-refractivity contribution >= 4 is 0 Å². The standard InChI is InChI=1S/C13H17N3O/c1-14-9-12-7-8-16(15-12)13-5-3-11(4-6-13)10-17-2/h3-8,14H,9-10H2,1-2H3. The maximum Gasteiger partial charge on any atom is 0.0766 e. The largest absolute Gasteiger partial charge is 0.380 e. The molecule has 0 aliphatic heterocycles. The highest BCUT2D eigenvalue weighted by atomic mass is 16.5. The summed E-state index contributed by atoms with van der Waals surface area (Å²) in [5.74, 6) is 0. The molecule has 0 aliphatic rings. The smallest absolute Gasteiger partial charge is 0.0766 e. The first-order chi connectivity index (χ1) is 8.33. The number of aromatic nitrogens is 2. The van der Waals surface area contributed by atoms with E-state index in [-0.39, 0.29) is 0 Å². The highest BCUT2D eigenvalue weighted by molar-refractivity contribution is 5.34. The number of nitrogens with one attached hydrogen (secondary N) is 1. The fourth-order valence-corrected chi connectivity index (χ4v) is 1.69. The van der Waals surface area contributed by atoms with Gasteiger partial charge in [0, 0.05) is 19.9 Å². The summed E-state index contributed by atoms with van der Waals surface area (Å²) in [6, 6.07) is 10.2. The quantitative estimate of drug-likeness (QED) is 0.852. The van der Waals surface area contributed by atoms with Crippen molar-refractivity contribution in [2.24, 2.45) is 0 Å². The Morgan fingerprint density at radius 1 is 1.24 bits per heavy atom. The lowest BCUT2D eigenvalue weighted by molar-refractivity contribution is 0.185. The molecule has 1 N–H and O–H groups in total. The lowest BCUT2D eigenvalue weighted by atomic mass is 10.2. The van der Waals surface area contributed by atoms with Crippen LogP contribution in [0.3, 0.4) is 0 Å². The molecule has 0 bridgehead atoms. The van der Waals surface area contributed by atoms with Crippen molar-refractivity contribution in [3.8, 4) is 5.69 Å². The van der Waals surface area contributed by atoms with Crippen molar-refractivity contribution in [1.29, 1.82) is 0 Å². The number of benzene rings is 1. The average Bonchev–Trinajstić information content (AvgIpc) is 2.80. The van der Waals surface area contributed by atoms with Gasteiger partial charge < -0.3 is 10.1 Å². The van der Waals surface area contributed by atoms with Gasteiger partial charge >= 0.3 is 0 Å². The molecule has 0 aliphatic carbocycles. The van der Waals surface area contributed by atoms with Gasteiger partial charge in [-0.15, -0.1) is 0 Å². The molecule has 90 valence electrons. The van der Waals surface area contributed by atoms with Gasteiger partial charge in [-0.1, -0.05) is 12.1 Å². The molecule has 0 fully saturated rings. The van der Waals surface area contributed by atoms with Crippen LogP contribution in [0.15, 0.2) is 36.5 Å². The number of ether oxygens (including phenoxy) is 1. The molecule has 1 heterocycles. The Kier molecular flexibility index (Phi) is 3.90.